The van der Waals surface area contributed by atoms with Gasteiger partial charge in [0.05, 0.1) is 33.9 Å². The standard InChI is InChI=1S/C42H35ClF10N8O8S2/c1-39(2,70(3,66)67)10-9-22-5-6-23(24-7-8-27(43)32-34(24)60(18-40(46,47)48)58-37(32)61(71(4,68)69)30(63)16-54-38(64)65)33(55-22)28(13-19-11-20(44)14-21(45)12-19)56-29(62)17-59-36-31(35(57-59)42(51,52)53)25-15-26(25)41(36,49)50/h5-8,11-12,14,25-26,28,54H,13,15-18H2,1-4H3,(H,56,62)(H,64,65)/t25-,26+,28-/m0/s1. The van der Waals surface area contributed by atoms with Gasteiger partial charge in [-0.1, -0.05) is 23.6 Å². The number of fused-ring (bicyclic) bond motifs is 4. The van der Waals surface area contributed by atoms with Gasteiger partial charge < -0.3 is 15.7 Å². The highest BCUT2D eigenvalue weighted by molar-refractivity contribution is 7.93. The molecule has 1 saturated carbocycles. The number of halogens is 11. The van der Waals surface area contributed by atoms with Crippen LogP contribution in [0.4, 0.5) is 54.5 Å². The molecule has 1 fully saturated rings. The summed E-state index contributed by atoms with van der Waals surface area (Å²) in [6, 6.07) is 4.48. The number of hydrogen-bond acceptors (Lipinski definition) is 10. The fraction of sp³-hybridized carbons (Fsp3) is 0.381. The van der Waals surface area contributed by atoms with E-state index in [9.17, 15) is 66.3 Å². The number of sulfone groups is 1. The van der Waals surface area contributed by atoms with Gasteiger partial charge in [-0.15, -0.1) is 0 Å². The average molecular weight is 1070 g/mol. The minimum Gasteiger partial charge on any atom is -0.465 e. The van der Waals surface area contributed by atoms with Crippen molar-refractivity contribution < 1.29 is 80.2 Å². The lowest BCUT2D eigenvalue weighted by molar-refractivity contribution is -0.143. The van der Waals surface area contributed by atoms with Crippen molar-refractivity contribution in [1.82, 2.24) is 35.2 Å². The summed E-state index contributed by atoms with van der Waals surface area (Å²) in [5, 5.41) is 19.1. The zero-order chi connectivity index (χ0) is 52.7. The summed E-state index contributed by atoms with van der Waals surface area (Å²) in [4.78, 5) is 43.2. The molecule has 71 heavy (non-hydrogen) atoms. The van der Waals surface area contributed by atoms with E-state index >= 15 is 8.78 Å². The van der Waals surface area contributed by atoms with Crippen LogP contribution in [0.1, 0.15) is 66.1 Å². The normalized spacial score (nSPS) is 16.9. The first-order valence-corrected chi connectivity index (χ1v) is 24.5. The molecule has 380 valence electrons. The van der Waals surface area contributed by atoms with Crippen LogP contribution in [0.25, 0.3) is 22.0 Å². The minimum atomic E-state index is -5.24. The van der Waals surface area contributed by atoms with Crippen LogP contribution >= 0.6 is 11.6 Å². The van der Waals surface area contributed by atoms with Crippen molar-refractivity contribution >= 4 is 66.1 Å². The molecular formula is C42H35ClF10N8O8S2. The molecule has 5 aromatic rings. The van der Waals surface area contributed by atoms with Crippen molar-refractivity contribution in [2.45, 2.75) is 74.8 Å². The van der Waals surface area contributed by atoms with E-state index < -0.39 is 166 Å². The Morgan fingerprint density at radius 2 is 1.59 bits per heavy atom. The Morgan fingerprint density at radius 1 is 0.958 bits per heavy atom. The predicted octanol–water partition coefficient (Wildman–Crippen LogP) is 6.85. The third-order valence-corrected chi connectivity index (χ3v) is 14.8. The van der Waals surface area contributed by atoms with Crippen molar-refractivity contribution in [3.63, 3.8) is 0 Å². The number of nitrogens with one attached hydrogen (secondary N) is 2. The summed E-state index contributed by atoms with van der Waals surface area (Å²) >= 11 is 6.55. The largest absolute Gasteiger partial charge is 0.465 e. The number of rotatable bonds is 13. The molecule has 2 aliphatic rings. The highest BCUT2D eigenvalue weighted by Gasteiger charge is 2.68. The fourth-order valence-corrected chi connectivity index (χ4v) is 9.43. The van der Waals surface area contributed by atoms with Crippen molar-refractivity contribution in [3.8, 4) is 23.0 Å². The van der Waals surface area contributed by atoms with E-state index in [2.05, 4.69) is 32.3 Å². The number of nitrogens with zero attached hydrogens (tertiary/aromatic N) is 6. The highest BCUT2D eigenvalue weighted by Crippen LogP contribution is 2.68. The second-order valence-electron chi connectivity index (χ2n) is 17.1. The molecule has 7 rings (SSSR count). The molecule has 0 aliphatic heterocycles. The SMILES string of the molecule is CC(C)(C#Cc1ccc(-c2ccc(Cl)c3c(N(C(=O)CNC(=O)O)S(C)(=O)=O)nn(CC(F)(F)F)c23)c([C@H](Cc2cc(F)cc(F)c2)NC(=O)Cn2nc(C(F)(F)F)c3c2C(F)(F)[C@@H]2C[C@H]32)n1)S(C)(=O)=O. The lowest BCUT2D eigenvalue weighted by Crippen LogP contribution is -2.43. The number of anilines is 1. The van der Waals surface area contributed by atoms with Crippen LogP contribution in [0.2, 0.25) is 5.02 Å². The topological polar surface area (TPSA) is 216 Å². The Morgan fingerprint density at radius 3 is 2.17 bits per heavy atom. The molecule has 3 heterocycles. The van der Waals surface area contributed by atoms with E-state index in [1.807, 2.05) is 0 Å². The molecule has 2 aliphatic carbocycles. The first-order chi connectivity index (χ1) is 32.6. The van der Waals surface area contributed by atoms with Crippen molar-refractivity contribution in [2.75, 3.05) is 23.4 Å². The zero-order valence-corrected chi connectivity index (χ0v) is 39.2. The molecule has 3 aromatic heterocycles. The van der Waals surface area contributed by atoms with Crippen LogP contribution in [-0.2, 0) is 61.1 Å². The van der Waals surface area contributed by atoms with Gasteiger partial charge in [0.25, 0.3) is 11.8 Å². The average Bonchev–Trinajstić information content (AvgIpc) is 3.73. The molecule has 3 N–H and O–H groups in total. The number of carbonyl (C=O) groups excluding carboxylic acids is 2. The van der Waals surface area contributed by atoms with E-state index in [1.165, 1.54) is 13.8 Å². The van der Waals surface area contributed by atoms with E-state index in [0.29, 0.717) is 12.3 Å². The molecule has 0 bridgehead atoms. The zero-order valence-electron chi connectivity index (χ0n) is 36.8. The number of aromatic nitrogens is 5. The predicted molar refractivity (Wildman–Crippen MR) is 231 cm³/mol. The minimum absolute atomic E-state index is 0.111. The molecule has 16 nitrogen and oxygen atoms in total. The summed E-state index contributed by atoms with van der Waals surface area (Å²) in [7, 11) is -8.82. The maximum Gasteiger partial charge on any atom is 0.435 e. The maximum absolute atomic E-state index is 15.6. The fourth-order valence-electron chi connectivity index (χ4n) is 8.08. The number of carbonyl (C=O) groups is 3. The number of amides is 3. The molecule has 3 atom stereocenters. The second-order valence-corrected chi connectivity index (χ2v) is 21.9. The van der Waals surface area contributed by atoms with Gasteiger partial charge in [0.1, 0.15) is 47.4 Å². The van der Waals surface area contributed by atoms with Gasteiger partial charge in [-0.3, -0.25) is 19.0 Å². The van der Waals surface area contributed by atoms with Crippen molar-refractivity contribution in [2.24, 2.45) is 5.92 Å². The van der Waals surface area contributed by atoms with E-state index in [4.69, 9.17) is 16.7 Å². The second kappa shape index (κ2) is 18.0. The molecule has 0 radical (unpaired) electrons. The van der Waals surface area contributed by atoms with Crippen molar-refractivity contribution in [3.05, 3.63) is 93.0 Å². The van der Waals surface area contributed by atoms with Gasteiger partial charge >= 0.3 is 18.4 Å². The first-order valence-electron chi connectivity index (χ1n) is 20.4. The Labute approximate surface area is 400 Å². The summed E-state index contributed by atoms with van der Waals surface area (Å²) in [5.74, 6) is -7.86. The Bertz CT molecular complexity index is 3330. The Hall–Kier alpha value is -6.47. The lowest BCUT2D eigenvalue weighted by Gasteiger charge is -2.23. The quantitative estimate of drug-likeness (QED) is 0.0819. The summed E-state index contributed by atoms with van der Waals surface area (Å²) < 4.78 is 196. The van der Waals surface area contributed by atoms with Crippen molar-refractivity contribution in [1.29, 1.82) is 0 Å². The van der Waals surface area contributed by atoms with Gasteiger partial charge in [0, 0.05) is 34.9 Å². The van der Waals surface area contributed by atoms with E-state index in [1.54, 1.807) is 5.32 Å². The van der Waals surface area contributed by atoms with Gasteiger partial charge in [0.15, 0.2) is 21.3 Å². The third-order valence-electron chi connectivity index (χ3n) is 11.4. The number of benzene rings is 2. The van der Waals surface area contributed by atoms with Gasteiger partial charge in [0.2, 0.25) is 15.9 Å². The summed E-state index contributed by atoms with van der Waals surface area (Å²) in [6.07, 6.45) is -11.9. The van der Waals surface area contributed by atoms with Crippen LogP contribution in [0.5, 0.6) is 0 Å². The van der Waals surface area contributed by atoms with E-state index in [0.717, 1.165) is 42.7 Å². The number of alkyl halides is 8. The van der Waals surface area contributed by atoms with Crippen LogP contribution in [0.3, 0.4) is 0 Å². The smallest absolute Gasteiger partial charge is 0.435 e. The van der Waals surface area contributed by atoms with Crippen LogP contribution in [-0.4, -0.2) is 94.4 Å². The highest BCUT2D eigenvalue weighted by atomic mass is 35.5. The molecule has 2 aromatic carbocycles. The van der Waals surface area contributed by atoms with Crippen LogP contribution in [0, 0.1) is 29.4 Å². The molecule has 3 amide bonds. The first kappa shape index (κ1) is 52.4. The summed E-state index contributed by atoms with van der Waals surface area (Å²) in [6.45, 7) is -2.17. The number of hydrogen-bond donors (Lipinski definition) is 3. The maximum atomic E-state index is 15.6. The number of sulfonamides is 1. The molecule has 29 heteroatoms. The monoisotopic (exact) mass is 1070 g/mol. The molecular weight excluding hydrogens is 1030 g/mol. The van der Waals surface area contributed by atoms with Gasteiger partial charge in [-0.05, 0) is 74.4 Å². The summed E-state index contributed by atoms with van der Waals surface area (Å²) in [5.41, 5.74) is -6.21. The number of pyridine rings is 1. The van der Waals surface area contributed by atoms with Crippen LogP contribution in [0.15, 0.2) is 42.5 Å². The lowest BCUT2D eigenvalue weighted by atomic mass is 9.93. The number of carboxylic acid groups (broad SMARTS) is 1. The molecule has 0 unspecified atom stereocenters. The Balaban J connectivity index is 1.49. The molecule has 0 spiro atoms. The van der Waals surface area contributed by atoms with Gasteiger partial charge in [-0.2, -0.15) is 49.6 Å². The van der Waals surface area contributed by atoms with Crippen LogP contribution < -0.4 is 14.9 Å². The Kier molecular flexibility index (Phi) is 13.3. The van der Waals surface area contributed by atoms with E-state index in [-0.39, 0.29) is 36.9 Å². The third kappa shape index (κ3) is 10.6. The van der Waals surface area contributed by atoms with Gasteiger partial charge in [-0.25, -0.2) is 35.4 Å². The molecule has 0 saturated heterocycles.